The van der Waals surface area contributed by atoms with Crippen molar-refractivity contribution >= 4 is 21.6 Å². The lowest BCUT2D eigenvalue weighted by atomic mass is 9.88. The molecule has 0 saturated heterocycles. The Morgan fingerprint density at radius 2 is 2.05 bits per heavy atom. The van der Waals surface area contributed by atoms with Crippen LogP contribution in [-0.4, -0.2) is 13.4 Å². The Kier molecular flexibility index (Phi) is 3.97. The number of rotatable bonds is 3. The van der Waals surface area contributed by atoms with Crippen LogP contribution < -0.4 is 4.72 Å². The second-order valence-corrected chi connectivity index (χ2v) is 7.16. The van der Waals surface area contributed by atoms with Gasteiger partial charge in [-0.25, -0.2) is 13.1 Å². The van der Waals surface area contributed by atoms with Gasteiger partial charge in [-0.1, -0.05) is 35.9 Å². The summed E-state index contributed by atoms with van der Waals surface area (Å²) < 4.78 is 27.7. The SMILES string of the molecule is O=S(=O)(NC1CCCc2ccccc21)c1cnccc1Cl. The number of hydrogen-bond donors (Lipinski definition) is 1. The zero-order chi connectivity index (χ0) is 14.9. The summed E-state index contributed by atoms with van der Waals surface area (Å²) in [6.07, 6.45) is 5.48. The van der Waals surface area contributed by atoms with Crippen molar-refractivity contribution in [1.29, 1.82) is 0 Å². The van der Waals surface area contributed by atoms with E-state index in [9.17, 15) is 8.42 Å². The van der Waals surface area contributed by atoms with Crippen LogP contribution in [0.4, 0.5) is 0 Å². The van der Waals surface area contributed by atoms with E-state index < -0.39 is 10.0 Å². The molecule has 0 saturated carbocycles. The minimum absolute atomic E-state index is 0.0229. The fraction of sp³-hybridized carbons (Fsp3) is 0.267. The van der Waals surface area contributed by atoms with Gasteiger partial charge in [0.1, 0.15) is 4.90 Å². The number of hydrogen-bond acceptors (Lipinski definition) is 3. The highest BCUT2D eigenvalue weighted by Gasteiger charge is 2.26. The van der Waals surface area contributed by atoms with E-state index in [4.69, 9.17) is 11.6 Å². The van der Waals surface area contributed by atoms with Crippen molar-refractivity contribution in [2.45, 2.75) is 30.2 Å². The van der Waals surface area contributed by atoms with E-state index in [0.29, 0.717) is 0 Å². The summed E-state index contributed by atoms with van der Waals surface area (Å²) in [7, 11) is -3.68. The molecule has 1 N–H and O–H groups in total. The minimum atomic E-state index is -3.68. The third-order valence-corrected chi connectivity index (χ3v) is 5.63. The first-order valence-corrected chi connectivity index (χ1v) is 8.64. The first-order chi connectivity index (χ1) is 10.1. The van der Waals surface area contributed by atoms with Crippen LogP contribution >= 0.6 is 11.6 Å². The highest BCUT2D eigenvalue weighted by Crippen LogP contribution is 2.31. The van der Waals surface area contributed by atoms with Gasteiger partial charge in [-0.15, -0.1) is 0 Å². The molecule has 0 bridgehead atoms. The van der Waals surface area contributed by atoms with E-state index in [1.54, 1.807) is 0 Å². The van der Waals surface area contributed by atoms with Crippen molar-refractivity contribution in [1.82, 2.24) is 9.71 Å². The maximum absolute atomic E-state index is 12.5. The predicted octanol–water partition coefficient (Wildman–Crippen LogP) is 3.09. The van der Waals surface area contributed by atoms with Crippen LogP contribution in [0.1, 0.15) is 30.0 Å². The largest absolute Gasteiger partial charge is 0.263 e. The number of sulfonamides is 1. The van der Waals surface area contributed by atoms with Crippen molar-refractivity contribution in [3.8, 4) is 0 Å². The average molecular weight is 323 g/mol. The van der Waals surface area contributed by atoms with Gasteiger partial charge in [-0.05, 0) is 36.5 Å². The van der Waals surface area contributed by atoms with Crippen molar-refractivity contribution in [2.75, 3.05) is 0 Å². The normalized spacial score (nSPS) is 18.2. The second-order valence-electron chi connectivity index (χ2n) is 5.07. The molecule has 0 fully saturated rings. The topological polar surface area (TPSA) is 59.1 Å². The molecule has 1 unspecified atom stereocenters. The zero-order valence-electron chi connectivity index (χ0n) is 11.3. The van der Waals surface area contributed by atoms with Gasteiger partial charge >= 0.3 is 0 Å². The summed E-state index contributed by atoms with van der Waals surface area (Å²) in [4.78, 5) is 3.87. The first kappa shape index (κ1) is 14.5. The highest BCUT2D eigenvalue weighted by atomic mass is 35.5. The van der Waals surface area contributed by atoms with Crippen LogP contribution in [0.15, 0.2) is 47.6 Å². The summed E-state index contributed by atoms with van der Waals surface area (Å²) in [5, 5.41) is 0.182. The molecule has 1 aromatic heterocycles. The Labute approximate surface area is 129 Å². The van der Waals surface area contributed by atoms with Gasteiger partial charge in [0, 0.05) is 18.4 Å². The number of pyridine rings is 1. The van der Waals surface area contributed by atoms with E-state index in [2.05, 4.69) is 9.71 Å². The van der Waals surface area contributed by atoms with E-state index >= 15 is 0 Å². The molecule has 4 nitrogen and oxygen atoms in total. The molecule has 2 aromatic rings. The van der Waals surface area contributed by atoms with Gasteiger partial charge < -0.3 is 0 Å². The third kappa shape index (κ3) is 2.95. The molecular weight excluding hydrogens is 308 g/mol. The molecule has 0 amide bonds. The molecule has 0 aliphatic heterocycles. The predicted molar refractivity (Wildman–Crippen MR) is 81.7 cm³/mol. The fourth-order valence-electron chi connectivity index (χ4n) is 2.69. The van der Waals surface area contributed by atoms with Crippen molar-refractivity contribution in [3.05, 3.63) is 58.9 Å². The Balaban J connectivity index is 1.93. The van der Waals surface area contributed by atoms with Crippen molar-refractivity contribution in [2.24, 2.45) is 0 Å². The van der Waals surface area contributed by atoms with E-state index in [1.165, 1.54) is 24.0 Å². The first-order valence-electron chi connectivity index (χ1n) is 6.77. The number of fused-ring (bicyclic) bond motifs is 1. The number of nitrogens with zero attached hydrogens (tertiary/aromatic N) is 1. The molecule has 6 heteroatoms. The molecule has 1 aromatic carbocycles. The average Bonchev–Trinajstić information content (AvgIpc) is 2.47. The van der Waals surface area contributed by atoms with Gasteiger partial charge in [-0.2, -0.15) is 0 Å². The second kappa shape index (κ2) is 5.75. The number of aromatic nitrogens is 1. The lowest BCUT2D eigenvalue weighted by molar-refractivity contribution is 0.507. The summed E-state index contributed by atoms with van der Waals surface area (Å²) in [5.41, 5.74) is 2.25. The monoisotopic (exact) mass is 322 g/mol. The van der Waals surface area contributed by atoms with Crippen LogP contribution in [0, 0.1) is 0 Å². The third-order valence-electron chi connectivity index (χ3n) is 3.69. The fourth-order valence-corrected chi connectivity index (χ4v) is 4.37. The molecule has 0 radical (unpaired) electrons. The van der Waals surface area contributed by atoms with Crippen molar-refractivity contribution in [3.63, 3.8) is 0 Å². The summed E-state index contributed by atoms with van der Waals surface area (Å²) in [6.45, 7) is 0. The van der Waals surface area contributed by atoms with E-state index in [1.807, 2.05) is 24.3 Å². The van der Waals surface area contributed by atoms with Gasteiger partial charge in [0.25, 0.3) is 0 Å². The molecule has 1 aliphatic carbocycles. The van der Waals surface area contributed by atoms with Gasteiger partial charge in [0.15, 0.2) is 0 Å². The smallest absolute Gasteiger partial charge is 0.244 e. The van der Waals surface area contributed by atoms with Crippen LogP contribution in [0.3, 0.4) is 0 Å². The summed E-state index contributed by atoms with van der Waals surface area (Å²) in [6, 6.07) is 9.21. The Morgan fingerprint density at radius 3 is 2.86 bits per heavy atom. The van der Waals surface area contributed by atoms with Crippen LogP contribution in [0.5, 0.6) is 0 Å². The van der Waals surface area contributed by atoms with Crippen LogP contribution in [-0.2, 0) is 16.4 Å². The highest BCUT2D eigenvalue weighted by molar-refractivity contribution is 7.89. The molecule has 1 heterocycles. The molecular formula is C15H15ClN2O2S. The number of benzene rings is 1. The Bertz CT molecular complexity index is 762. The molecule has 1 atom stereocenters. The van der Waals surface area contributed by atoms with E-state index in [0.717, 1.165) is 24.8 Å². The van der Waals surface area contributed by atoms with Gasteiger partial charge in [-0.3, -0.25) is 4.98 Å². The Morgan fingerprint density at radius 1 is 1.24 bits per heavy atom. The summed E-state index contributed by atoms with van der Waals surface area (Å²) >= 11 is 5.97. The van der Waals surface area contributed by atoms with Crippen molar-refractivity contribution < 1.29 is 8.42 Å². The minimum Gasteiger partial charge on any atom is -0.263 e. The quantitative estimate of drug-likeness (QED) is 0.944. The van der Waals surface area contributed by atoms with Crippen LogP contribution in [0.2, 0.25) is 5.02 Å². The number of halogens is 1. The molecule has 110 valence electrons. The standard InChI is InChI=1S/C15H15ClN2O2S/c16-13-8-9-17-10-15(13)21(19,20)18-14-7-3-5-11-4-1-2-6-12(11)14/h1-2,4,6,8-10,14,18H,3,5,7H2. The summed E-state index contributed by atoms with van der Waals surface area (Å²) in [5.74, 6) is 0. The van der Waals surface area contributed by atoms with Gasteiger partial charge in [0.05, 0.1) is 5.02 Å². The molecule has 0 spiro atoms. The Hall–Kier alpha value is -1.43. The number of aryl methyl sites for hydroxylation is 1. The maximum Gasteiger partial charge on any atom is 0.244 e. The van der Waals surface area contributed by atoms with Gasteiger partial charge in [0.2, 0.25) is 10.0 Å². The maximum atomic E-state index is 12.5. The van der Waals surface area contributed by atoms with Crippen LogP contribution in [0.25, 0.3) is 0 Å². The lowest BCUT2D eigenvalue weighted by Gasteiger charge is -2.26. The molecule has 3 rings (SSSR count). The number of nitrogens with one attached hydrogen (secondary N) is 1. The van der Waals surface area contributed by atoms with E-state index in [-0.39, 0.29) is 16.0 Å². The zero-order valence-corrected chi connectivity index (χ0v) is 12.9. The lowest BCUT2D eigenvalue weighted by Crippen LogP contribution is -2.31. The molecule has 1 aliphatic rings. The molecule has 21 heavy (non-hydrogen) atoms.